The molecule has 1 fully saturated rings. The Labute approximate surface area is 84.3 Å². The Morgan fingerprint density at radius 2 is 2.15 bits per heavy atom. The predicted molar refractivity (Wildman–Crippen MR) is 56.4 cm³/mol. The molecule has 1 aliphatic heterocycles. The van der Waals surface area contributed by atoms with Crippen LogP contribution in [0, 0.1) is 0 Å². The highest BCUT2D eigenvalue weighted by molar-refractivity contribution is 7.80. The minimum atomic E-state index is -0.466. The van der Waals surface area contributed by atoms with Gasteiger partial charge in [0.2, 0.25) is 0 Å². The van der Waals surface area contributed by atoms with Crippen LogP contribution in [0.3, 0.4) is 0 Å². The van der Waals surface area contributed by atoms with Gasteiger partial charge in [-0.3, -0.25) is 4.79 Å². The maximum Gasteiger partial charge on any atom is 0.251 e. The first kappa shape index (κ1) is 10.4. The second-order valence-corrected chi connectivity index (χ2v) is 4.11. The highest BCUT2D eigenvalue weighted by Gasteiger charge is 2.39. The van der Waals surface area contributed by atoms with Gasteiger partial charge in [-0.05, 0) is 25.6 Å². The molecule has 0 saturated carbocycles. The molecule has 0 aromatic heterocycles. The van der Waals surface area contributed by atoms with Crippen LogP contribution in [0.1, 0.15) is 39.5 Å². The van der Waals surface area contributed by atoms with Crippen molar-refractivity contribution >= 4 is 23.2 Å². The first-order chi connectivity index (χ1) is 6.08. The van der Waals surface area contributed by atoms with Crippen LogP contribution in [0.5, 0.6) is 0 Å². The van der Waals surface area contributed by atoms with E-state index in [0.29, 0.717) is 5.11 Å². The largest absolute Gasteiger partial charge is 0.348 e. The van der Waals surface area contributed by atoms with E-state index in [4.69, 9.17) is 12.2 Å². The van der Waals surface area contributed by atoms with Gasteiger partial charge in [-0.15, -0.1) is 0 Å². The van der Waals surface area contributed by atoms with Gasteiger partial charge in [0.25, 0.3) is 5.91 Å². The number of nitrogens with one attached hydrogen (secondary N) is 2. The number of hydrogen-bond acceptors (Lipinski definition) is 2. The van der Waals surface area contributed by atoms with Gasteiger partial charge in [-0.1, -0.05) is 26.2 Å². The molecule has 1 atom stereocenters. The number of unbranched alkanes of at least 4 members (excludes halogenated alkanes) is 2. The zero-order valence-corrected chi connectivity index (χ0v) is 8.96. The van der Waals surface area contributed by atoms with E-state index in [1.165, 1.54) is 6.42 Å². The molecule has 1 amide bonds. The van der Waals surface area contributed by atoms with E-state index in [1.807, 2.05) is 6.92 Å². The van der Waals surface area contributed by atoms with Crippen molar-refractivity contribution in [2.24, 2.45) is 0 Å². The molecule has 2 N–H and O–H groups in total. The first-order valence-electron chi connectivity index (χ1n) is 4.72. The number of carbonyl (C=O) groups is 1. The van der Waals surface area contributed by atoms with Gasteiger partial charge in [0.1, 0.15) is 5.54 Å². The van der Waals surface area contributed by atoms with Crippen LogP contribution in [0.4, 0.5) is 0 Å². The molecular weight excluding hydrogens is 184 g/mol. The van der Waals surface area contributed by atoms with Crippen LogP contribution >= 0.6 is 12.2 Å². The lowest BCUT2D eigenvalue weighted by molar-refractivity contribution is -0.123. The van der Waals surface area contributed by atoms with Gasteiger partial charge in [0.15, 0.2) is 5.11 Å². The molecule has 1 heterocycles. The highest BCUT2D eigenvalue weighted by Crippen LogP contribution is 2.18. The van der Waals surface area contributed by atoms with Crippen LogP contribution in [0.25, 0.3) is 0 Å². The molecule has 0 aromatic carbocycles. The molecule has 74 valence electrons. The second kappa shape index (κ2) is 4.05. The normalized spacial score (nSPS) is 27.2. The van der Waals surface area contributed by atoms with E-state index < -0.39 is 5.54 Å². The third-order valence-corrected chi connectivity index (χ3v) is 2.60. The molecule has 1 rings (SSSR count). The van der Waals surface area contributed by atoms with Gasteiger partial charge in [0.05, 0.1) is 0 Å². The van der Waals surface area contributed by atoms with Gasteiger partial charge in [0, 0.05) is 0 Å². The van der Waals surface area contributed by atoms with Crippen LogP contribution < -0.4 is 10.6 Å². The van der Waals surface area contributed by atoms with Gasteiger partial charge >= 0.3 is 0 Å². The lowest BCUT2D eigenvalue weighted by Crippen LogP contribution is -2.43. The van der Waals surface area contributed by atoms with E-state index in [-0.39, 0.29) is 5.91 Å². The van der Waals surface area contributed by atoms with Crippen molar-refractivity contribution in [1.82, 2.24) is 10.6 Å². The molecule has 0 aliphatic carbocycles. The Morgan fingerprint density at radius 3 is 2.62 bits per heavy atom. The standard InChI is InChI=1S/C9H16N2OS/c1-3-4-5-6-9(2)7(12)10-8(13)11-9/h3-6H2,1-2H3,(H2,10,11,12,13). The number of thiocarbonyl (C=S) groups is 1. The van der Waals surface area contributed by atoms with Gasteiger partial charge < -0.3 is 10.6 Å². The first-order valence-corrected chi connectivity index (χ1v) is 5.13. The number of amides is 1. The predicted octanol–water partition coefficient (Wildman–Crippen LogP) is 1.33. The summed E-state index contributed by atoms with van der Waals surface area (Å²) < 4.78 is 0. The summed E-state index contributed by atoms with van der Waals surface area (Å²) in [5, 5.41) is 6.09. The second-order valence-electron chi connectivity index (χ2n) is 3.70. The zero-order chi connectivity index (χ0) is 9.90. The Balaban J connectivity index is 2.46. The zero-order valence-electron chi connectivity index (χ0n) is 8.14. The van der Waals surface area contributed by atoms with Crippen molar-refractivity contribution in [2.75, 3.05) is 0 Å². The van der Waals surface area contributed by atoms with E-state index in [1.54, 1.807) is 0 Å². The molecule has 1 saturated heterocycles. The molecule has 0 radical (unpaired) electrons. The fourth-order valence-electron chi connectivity index (χ4n) is 1.48. The Hall–Kier alpha value is -0.640. The molecular formula is C9H16N2OS. The monoisotopic (exact) mass is 200 g/mol. The third kappa shape index (κ3) is 2.40. The summed E-state index contributed by atoms with van der Waals surface area (Å²) >= 11 is 4.88. The van der Waals surface area contributed by atoms with Crippen molar-refractivity contribution in [2.45, 2.75) is 45.1 Å². The van der Waals surface area contributed by atoms with Crippen molar-refractivity contribution in [3.8, 4) is 0 Å². The Bertz CT molecular complexity index is 230. The molecule has 1 unspecified atom stereocenters. The number of hydrogen-bond donors (Lipinski definition) is 2. The Kier molecular flexibility index (Phi) is 3.25. The molecule has 1 aliphatic rings. The summed E-state index contributed by atoms with van der Waals surface area (Å²) in [6, 6.07) is 0. The van der Waals surface area contributed by atoms with E-state index in [9.17, 15) is 4.79 Å². The molecule has 3 nitrogen and oxygen atoms in total. The van der Waals surface area contributed by atoms with Crippen LogP contribution in [-0.2, 0) is 4.79 Å². The topological polar surface area (TPSA) is 41.1 Å². The molecule has 13 heavy (non-hydrogen) atoms. The van der Waals surface area contributed by atoms with Gasteiger partial charge in [-0.2, -0.15) is 0 Å². The molecule has 4 heteroatoms. The third-order valence-electron chi connectivity index (χ3n) is 2.40. The van der Waals surface area contributed by atoms with Crippen LogP contribution in [0.15, 0.2) is 0 Å². The number of rotatable bonds is 4. The smallest absolute Gasteiger partial charge is 0.251 e. The average Bonchev–Trinajstić information content (AvgIpc) is 2.27. The number of carbonyl (C=O) groups excluding carboxylic acids is 1. The van der Waals surface area contributed by atoms with E-state index in [2.05, 4.69) is 17.6 Å². The molecule has 0 bridgehead atoms. The van der Waals surface area contributed by atoms with Crippen LogP contribution in [-0.4, -0.2) is 16.6 Å². The molecule has 0 aromatic rings. The average molecular weight is 200 g/mol. The lowest BCUT2D eigenvalue weighted by atomic mass is 9.95. The maximum absolute atomic E-state index is 11.4. The summed E-state index contributed by atoms with van der Waals surface area (Å²) in [6.45, 7) is 4.05. The minimum absolute atomic E-state index is 0.00797. The highest BCUT2D eigenvalue weighted by atomic mass is 32.1. The van der Waals surface area contributed by atoms with E-state index in [0.717, 1.165) is 19.3 Å². The lowest BCUT2D eigenvalue weighted by Gasteiger charge is -2.20. The summed E-state index contributed by atoms with van der Waals surface area (Å²) in [6.07, 6.45) is 4.25. The minimum Gasteiger partial charge on any atom is -0.348 e. The summed E-state index contributed by atoms with van der Waals surface area (Å²) in [5.41, 5.74) is -0.466. The van der Waals surface area contributed by atoms with Gasteiger partial charge in [-0.25, -0.2) is 0 Å². The van der Waals surface area contributed by atoms with Crippen molar-refractivity contribution in [3.63, 3.8) is 0 Å². The fraction of sp³-hybridized carbons (Fsp3) is 0.778. The SMILES string of the molecule is CCCCCC1(C)NC(=S)NC1=O. The fourth-order valence-corrected chi connectivity index (χ4v) is 1.80. The van der Waals surface area contributed by atoms with Crippen LogP contribution in [0.2, 0.25) is 0 Å². The van der Waals surface area contributed by atoms with Crippen molar-refractivity contribution in [1.29, 1.82) is 0 Å². The Morgan fingerprint density at radius 1 is 1.46 bits per heavy atom. The van der Waals surface area contributed by atoms with E-state index >= 15 is 0 Å². The molecule has 0 spiro atoms. The maximum atomic E-state index is 11.4. The van der Waals surface area contributed by atoms with Crippen molar-refractivity contribution in [3.05, 3.63) is 0 Å². The summed E-state index contributed by atoms with van der Waals surface area (Å²) in [5.74, 6) is 0.00797. The van der Waals surface area contributed by atoms with Crippen molar-refractivity contribution < 1.29 is 4.79 Å². The summed E-state index contributed by atoms with van der Waals surface area (Å²) in [7, 11) is 0. The summed E-state index contributed by atoms with van der Waals surface area (Å²) in [4.78, 5) is 11.4. The quantitative estimate of drug-likeness (QED) is 0.531.